The van der Waals surface area contributed by atoms with Crippen molar-refractivity contribution in [1.82, 2.24) is 0 Å². The minimum Gasteiger partial charge on any atom is -0.490 e. The van der Waals surface area contributed by atoms with Crippen LogP contribution in [-0.2, 0) is 16.1 Å². The maximum Gasteiger partial charge on any atom is 0.363 e. The van der Waals surface area contributed by atoms with Gasteiger partial charge in [-0.2, -0.15) is 0 Å². The van der Waals surface area contributed by atoms with Crippen molar-refractivity contribution in [2.24, 2.45) is 4.99 Å². The van der Waals surface area contributed by atoms with E-state index < -0.39 is 5.97 Å². The molecule has 1 aliphatic rings. The lowest BCUT2D eigenvalue weighted by Crippen LogP contribution is -2.05. The number of ether oxygens (including phenoxy) is 3. The van der Waals surface area contributed by atoms with Gasteiger partial charge in [-0.15, -0.1) is 0 Å². The van der Waals surface area contributed by atoms with E-state index in [-0.39, 0.29) is 5.70 Å². The number of benzene rings is 4. The molecule has 0 spiro atoms. The lowest BCUT2D eigenvalue weighted by atomic mass is 10.0. The molecule has 0 aromatic heterocycles. The van der Waals surface area contributed by atoms with E-state index in [1.165, 1.54) is 0 Å². The Morgan fingerprint density at radius 3 is 2.19 bits per heavy atom. The lowest BCUT2D eigenvalue weighted by Gasteiger charge is -2.15. The first-order valence-corrected chi connectivity index (χ1v) is 13.0. The van der Waals surface area contributed by atoms with Gasteiger partial charge in [-0.05, 0) is 82.1 Å². The standard InChI is InChI=1S/C31H24INO4/c1-2-35-28-19-22(17-26(32)29(28)36-20-21-9-5-3-6-10-21)18-27-31(34)37-30(33-27)25-15-13-24(14-16-25)23-11-7-4-8-12-23/h3-19H,2,20H2,1H3/b27-18-. The molecule has 1 aliphatic heterocycles. The van der Waals surface area contributed by atoms with Gasteiger partial charge >= 0.3 is 5.97 Å². The van der Waals surface area contributed by atoms with Crippen LogP contribution in [0, 0.1) is 3.57 Å². The number of rotatable bonds is 8. The Labute approximate surface area is 229 Å². The summed E-state index contributed by atoms with van der Waals surface area (Å²) in [6.45, 7) is 2.84. The summed E-state index contributed by atoms with van der Waals surface area (Å²) in [6.07, 6.45) is 1.71. The Kier molecular flexibility index (Phi) is 7.65. The van der Waals surface area contributed by atoms with Gasteiger partial charge in [0, 0.05) is 5.56 Å². The minimum atomic E-state index is -0.487. The monoisotopic (exact) mass is 601 g/mol. The van der Waals surface area contributed by atoms with Crippen LogP contribution in [0.2, 0.25) is 0 Å². The first-order chi connectivity index (χ1) is 18.1. The number of halogens is 1. The zero-order valence-electron chi connectivity index (χ0n) is 20.2. The third kappa shape index (κ3) is 5.91. The molecule has 0 saturated heterocycles. The fourth-order valence-corrected chi connectivity index (χ4v) is 4.71. The molecule has 1 heterocycles. The maximum absolute atomic E-state index is 12.6. The van der Waals surface area contributed by atoms with Gasteiger partial charge in [0.2, 0.25) is 5.90 Å². The second kappa shape index (κ2) is 11.4. The molecule has 6 heteroatoms. The summed E-state index contributed by atoms with van der Waals surface area (Å²) in [5, 5.41) is 0. The highest BCUT2D eigenvalue weighted by atomic mass is 127. The Balaban J connectivity index is 1.38. The smallest absolute Gasteiger partial charge is 0.363 e. The van der Waals surface area contributed by atoms with Gasteiger partial charge in [0.1, 0.15) is 6.61 Å². The molecule has 37 heavy (non-hydrogen) atoms. The van der Waals surface area contributed by atoms with E-state index in [0.717, 1.165) is 31.4 Å². The summed E-state index contributed by atoms with van der Waals surface area (Å²) >= 11 is 2.22. The molecule has 4 aromatic carbocycles. The van der Waals surface area contributed by atoms with Crippen molar-refractivity contribution in [3.05, 3.63) is 123 Å². The predicted octanol–water partition coefficient (Wildman–Crippen LogP) is 7.28. The Hall–Kier alpha value is -3.91. The average molecular weight is 601 g/mol. The summed E-state index contributed by atoms with van der Waals surface area (Å²) in [4.78, 5) is 17.1. The average Bonchev–Trinajstić information content (AvgIpc) is 3.29. The number of cyclic esters (lactones) is 1. The molecule has 0 fully saturated rings. The zero-order chi connectivity index (χ0) is 25.6. The third-order valence-electron chi connectivity index (χ3n) is 5.72. The van der Waals surface area contributed by atoms with Crippen LogP contribution in [0.3, 0.4) is 0 Å². The van der Waals surface area contributed by atoms with Crippen molar-refractivity contribution in [1.29, 1.82) is 0 Å². The topological polar surface area (TPSA) is 57.1 Å². The number of carbonyl (C=O) groups is 1. The van der Waals surface area contributed by atoms with Crippen LogP contribution in [0.1, 0.15) is 23.6 Å². The van der Waals surface area contributed by atoms with Gasteiger partial charge in [-0.3, -0.25) is 0 Å². The fraction of sp³-hybridized carbons (Fsp3) is 0.0968. The largest absolute Gasteiger partial charge is 0.490 e. The van der Waals surface area contributed by atoms with Crippen LogP contribution in [0.5, 0.6) is 11.5 Å². The number of hydrogen-bond donors (Lipinski definition) is 0. The normalized spacial score (nSPS) is 13.8. The van der Waals surface area contributed by atoms with E-state index in [0.29, 0.717) is 30.6 Å². The van der Waals surface area contributed by atoms with E-state index in [1.807, 2.05) is 91.9 Å². The van der Waals surface area contributed by atoms with Crippen LogP contribution in [0.15, 0.2) is 108 Å². The summed E-state index contributed by atoms with van der Waals surface area (Å²) in [5.74, 6) is 1.09. The first-order valence-electron chi connectivity index (χ1n) is 11.9. The molecular weight excluding hydrogens is 577 g/mol. The molecule has 0 saturated carbocycles. The molecule has 184 valence electrons. The zero-order valence-corrected chi connectivity index (χ0v) is 22.3. The van der Waals surface area contributed by atoms with Crippen molar-refractivity contribution >= 4 is 40.5 Å². The van der Waals surface area contributed by atoms with Gasteiger partial charge in [-0.1, -0.05) is 72.8 Å². The highest BCUT2D eigenvalue weighted by Gasteiger charge is 2.24. The third-order valence-corrected chi connectivity index (χ3v) is 6.52. The molecule has 5 rings (SSSR count). The lowest BCUT2D eigenvalue weighted by molar-refractivity contribution is -0.129. The number of carbonyl (C=O) groups excluding carboxylic acids is 1. The molecule has 4 aromatic rings. The van der Waals surface area contributed by atoms with Crippen LogP contribution >= 0.6 is 22.6 Å². The van der Waals surface area contributed by atoms with Crippen LogP contribution in [-0.4, -0.2) is 18.5 Å². The summed E-state index contributed by atoms with van der Waals surface area (Å²) in [6, 6.07) is 31.7. The van der Waals surface area contributed by atoms with E-state index in [1.54, 1.807) is 6.08 Å². The summed E-state index contributed by atoms with van der Waals surface area (Å²) < 4.78 is 18.3. The molecule has 0 N–H and O–H groups in total. The van der Waals surface area contributed by atoms with E-state index in [4.69, 9.17) is 14.2 Å². The first kappa shape index (κ1) is 24.8. The molecule has 0 unspecified atom stereocenters. The van der Waals surface area contributed by atoms with Crippen LogP contribution in [0.4, 0.5) is 0 Å². The van der Waals surface area contributed by atoms with E-state index in [9.17, 15) is 4.79 Å². The number of nitrogens with zero attached hydrogens (tertiary/aromatic N) is 1. The Bertz CT molecular complexity index is 1460. The van der Waals surface area contributed by atoms with Gasteiger partial charge in [0.05, 0.1) is 10.2 Å². The van der Waals surface area contributed by atoms with E-state index >= 15 is 0 Å². The summed E-state index contributed by atoms with van der Waals surface area (Å²) in [7, 11) is 0. The van der Waals surface area contributed by atoms with Crippen molar-refractivity contribution < 1.29 is 19.0 Å². The summed E-state index contributed by atoms with van der Waals surface area (Å²) in [5.41, 5.74) is 5.02. The molecule has 0 bridgehead atoms. The van der Waals surface area contributed by atoms with Crippen molar-refractivity contribution in [2.75, 3.05) is 6.61 Å². The molecule has 0 amide bonds. The molecule has 0 aliphatic carbocycles. The maximum atomic E-state index is 12.6. The second-order valence-electron chi connectivity index (χ2n) is 8.32. The predicted molar refractivity (Wildman–Crippen MR) is 154 cm³/mol. The quantitative estimate of drug-likeness (QED) is 0.121. The Morgan fingerprint density at radius 2 is 1.49 bits per heavy atom. The molecule has 0 atom stereocenters. The van der Waals surface area contributed by atoms with Gasteiger partial charge in [0.25, 0.3) is 0 Å². The SMILES string of the molecule is CCOc1cc(/C=C2\N=C(c3ccc(-c4ccccc4)cc3)OC2=O)cc(I)c1OCc1ccccc1. The molecular formula is C31H24INO4. The highest BCUT2D eigenvalue weighted by Crippen LogP contribution is 2.36. The second-order valence-corrected chi connectivity index (χ2v) is 9.48. The number of hydrogen-bond acceptors (Lipinski definition) is 5. The van der Waals surface area contributed by atoms with Gasteiger partial charge in [0.15, 0.2) is 17.2 Å². The van der Waals surface area contributed by atoms with Crippen molar-refractivity contribution in [3.8, 4) is 22.6 Å². The molecule has 0 radical (unpaired) electrons. The van der Waals surface area contributed by atoms with E-state index in [2.05, 4.69) is 39.7 Å². The van der Waals surface area contributed by atoms with Gasteiger partial charge < -0.3 is 14.2 Å². The fourth-order valence-electron chi connectivity index (χ4n) is 3.93. The van der Waals surface area contributed by atoms with Crippen LogP contribution < -0.4 is 9.47 Å². The van der Waals surface area contributed by atoms with Crippen molar-refractivity contribution in [2.45, 2.75) is 13.5 Å². The number of aliphatic imine (C=N–C) groups is 1. The van der Waals surface area contributed by atoms with Crippen molar-refractivity contribution in [3.63, 3.8) is 0 Å². The number of esters is 1. The minimum absolute atomic E-state index is 0.235. The van der Waals surface area contributed by atoms with Gasteiger partial charge in [-0.25, -0.2) is 9.79 Å². The molecule has 5 nitrogen and oxygen atoms in total. The Morgan fingerprint density at radius 1 is 0.838 bits per heavy atom. The van der Waals surface area contributed by atoms with Crippen LogP contribution in [0.25, 0.3) is 17.2 Å². The highest BCUT2D eigenvalue weighted by molar-refractivity contribution is 14.1.